The van der Waals surface area contributed by atoms with E-state index in [4.69, 9.17) is 9.47 Å². The van der Waals surface area contributed by atoms with Gasteiger partial charge in [-0.1, -0.05) is 28.1 Å². The van der Waals surface area contributed by atoms with Crippen LogP contribution in [0.2, 0.25) is 0 Å². The van der Waals surface area contributed by atoms with Crippen molar-refractivity contribution in [2.75, 3.05) is 7.11 Å². The molecule has 0 saturated heterocycles. The molecule has 2 aromatic carbocycles. The third-order valence-corrected chi connectivity index (χ3v) is 4.32. The van der Waals surface area contributed by atoms with E-state index < -0.39 is 0 Å². The summed E-state index contributed by atoms with van der Waals surface area (Å²) in [6, 6.07) is 15.5. The summed E-state index contributed by atoms with van der Waals surface area (Å²) in [6.45, 7) is 0. The Balaban J connectivity index is 1.69. The van der Waals surface area contributed by atoms with Gasteiger partial charge in [0.2, 0.25) is 11.7 Å². The molecule has 6 heteroatoms. The summed E-state index contributed by atoms with van der Waals surface area (Å²) in [7, 11) is 1.63. The number of fused-ring (bicyclic) bond motifs is 1. The average molecular weight is 396 g/mol. The number of ether oxygens (including phenoxy) is 2. The molecule has 0 atom stereocenters. The Morgan fingerprint density at radius 3 is 2.24 bits per heavy atom. The van der Waals surface area contributed by atoms with Gasteiger partial charge in [-0.2, -0.15) is 0 Å². The van der Waals surface area contributed by atoms with Gasteiger partial charge in [-0.3, -0.25) is 4.40 Å². The predicted octanol–water partition coefficient (Wildman–Crippen LogP) is 4.96. The maximum absolute atomic E-state index is 5.94. The van der Waals surface area contributed by atoms with Crippen molar-refractivity contribution in [3.8, 4) is 28.5 Å². The number of benzene rings is 2. The van der Waals surface area contributed by atoms with Crippen LogP contribution in [0, 0.1) is 0 Å². The monoisotopic (exact) mass is 395 g/mol. The van der Waals surface area contributed by atoms with Gasteiger partial charge >= 0.3 is 0 Å². The van der Waals surface area contributed by atoms with E-state index in [1.165, 1.54) is 0 Å². The standard InChI is InChI=1S/C19H14BrN3O2/c1-24-16-6-8-17(9-7-16)25-18-11-22-19-21-10-14(12-23(18)19)13-2-4-15(20)5-3-13/h2-12H,1H3. The quantitative estimate of drug-likeness (QED) is 0.489. The third-order valence-electron chi connectivity index (χ3n) is 3.79. The van der Waals surface area contributed by atoms with Crippen LogP contribution in [0.3, 0.4) is 0 Å². The Hall–Kier alpha value is -2.86. The van der Waals surface area contributed by atoms with Crippen LogP contribution >= 0.6 is 15.9 Å². The van der Waals surface area contributed by atoms with Crippen LogP contribution in [0.15, 0.2) is 71.6 Å². The Kier molecular flexibility index (Phi) is 4.11. The molecule has 0 aliphatic rings. The van der Waals surface area contributed by atoms with E-state index in [0.29, 0.717) is 17.4 Å². The molecule has 0 fully saturated rings. The van der Waals surface area contributed by atoms with Crippen LogP contribution in [0.1, 0.15) is 0 Å². The summed E-state index contributed by atoms with van der Waals surface area (Å²) in [4.78, 5) is 8.70. The summed E-state index contributed by atoms with van der Waals surface area (Å²) in [5.74, 6) is 2.68. The lowest BCUT2D eigenvalue weighted by molar-refractivity contribution is 0.412. The van der Waals surface area contributed by atoms with Gasteiger partial charge < -0.3 is 9.47 Å². The molecule has 0 aliphatic heterocycles. The number of rotatable bonds is 4. The smallest absolute Gasteiger partial charge is 0.236 e. The first kappa shape index (κ1) is 15.7. The lowest BCUT2D eigenvalue weighted by Crippen LogP contribution is -1.94. The van der Waals surface area contributed by atoms with E-state index >= 15 is 0 Å². The molecule has 0 aliphatic carbocycles. The largest absolute Gasteiger partial charge is 0.497 e. The minimum absolute atomic E-state index is 0.587. The van der Waals surface area contributed by atoms with E-state index in [-0.39, 0.29) is 0 Å². The highest BCUT2D eigenvalue weighted by Gasteiger charge is 2.09. The van der Waals surface area contributed by atoms with Gasteiger partial charge in [0.1, 0.15) is 11.5 Å². The number of methoxy groups -OCH3 is 1. The molecule has 25 heavy (non-hydrogen) atoms. The number of halogens is 1. The number of nitrogens with zero attached hydrogens (tertiary/aromatic N) is 3. The zero-order valence-electron chi connectivity index (χ0n) is 13.4. The van der Waals surface area contributed by atoms with Crippen molar-refractivity contribution in [2.24, 2.45) is 0 Å². The lowest BCUT2D eigenvalue weighted by atomic mass is 10.1. The van der Waals surface area contributed by atoms with Gasteiger partial charge in [-0.05, 0) is 42.0 Å². The SMILES string of the molecule is COc1ccc(Oc2cnc3ncc(-c4ccc(Br)cc4)cn23)cc1. The topological polar surface area (TPSA) is 48.7 Å². The number of imidazole rings is 1. The molecular weight excluding hydrogens is 382 g/mol. The lowest BCUT2D eigenvalue weighted by Gasteiger charge is -2.07. The Bertz CT molecular complexity index is 1010. The zero-order valence-corrected chi connectivity index (χ0v) is 15.0. The molecule has 124 valence electrons. The van der Waals surface area contributed by atoms with Gasteiger partial charge in [0, 0.05) is 22.4 Å². The summed E-state index contributed by atoms with van der Waals surface area (Å²) in [5.41, 5.74) is 2.05. The molecule has 2 aromatic heterocycles. The van der Waals surface area contributed by atoms with Crippen LogP contribution in [-0.4, -0.2) is 21.5 Å². The van der Waals surface area contributed by atoms with Gasteiger partial charge in [-0.15, -0.1) is 0 Å². The number of hydrogen-bond donors (Lipinski definition) is 0. The third kappa shape index (κ3) is 3.21. The molecule has 0 amide bonds. The van der Waals surface area contributed by atoms with Crippen molar-refractivity contribution in [1.29, 1.82) is 0 Å². The molecule has 4 aromatic rings. The highest BCUT2D eigenvalue weighted by atomic mass is 79.9. The van der Waals surface area contributed by atoms with Gasteiger partial charge in [0.05, 0.1) is 13.3 Å². The number of hydrogen-bond acceptors (Lipinski definition) is 4. The summed E-state index contributed by atoms with van der Waals surface area (Å²) >= 11 is 3.45. The Labute approximate surface area is 153 Å². The summed E-state index contributed by atoms with van der Waals surface area (Å²) < 4.78 is 14.0. The Morgan fingerprint density at radius 2 is 1.52 bits per heavy atom. The van der Waals surface area contributed by atoms with E-state index in [2.05, 4.69) is 25.9 Å². The molecule has 0 saturated carbocycles. The minimum atomic E-state index is 0.587. The second-order valence-corrected chi connectivity index (χ2v) is 6.31. The predicted molar refractivity (Wildman–Crippen MR) is 99.2 cm³/mol. The van der Waals surface area contributed by atoms with Crippen LogP contribution in [0.25, 0.3) is 16.9 Å². The fourth-order valence-electron chi connectivity index (χ4n) is 2.48. The minimum Gasteiger partial charge on any atom is -0.497 e. The first-order valence-electron chi connectivity index (χ1n) is 7.64. The molecule has 0 spiro atoms. The van der Waals surface area contributed by atoms with E-state index in [9.17, 15) is 0 Å². The van der Waals surface area contributed by atoms with Crippen LogP contribution in [-0.2, 0) is 0 Å². The zero-order chi connectivity index (χ0) is 17.2. The second-order valence-electron chi connectivity index (χ2n) is 5.39. The molecule has 5 nitrogen and oxygen atoms in total. The summed E-state index contributed by atoms with van der Waals surface area (Å²) in [5, 5.41) is 0. The number of aromatic nitrogens is 3. The van der Waals surface area contributed by atoms with Crippen LogP contribution in [0.4, 0.5) is 0 Å². The molecule has 0 radical (unpaired) electrons. The van der Waals surface area contributed by atoms with E-state index in [1.807, 2.05) is 65.3 Å². The average Bonchev–Trinajstić information content (AvgIpc) is 3.05. The molecule has 0 N–H and O–H groups in total. The molecule has 4 rings (SSSR count). The second kappa shape index (κ2) is 6.57. The van der Waals surface area contributed by atoms with Gasteiger partial charge in [-0.25, -0.2) is 9.97 Å². The van der Waals surface area contributed by atoms with Crippen molar-refractivity contribution in [3.05, 3.63) is 71.6 Å². The van der Waals surface area contributed by atoms with Crippen molar-refractivity contribution < 1.29 is 9.47 Å². The summed E-state index contributed by atoms with van der Waals surface area (Å²) in [6.07, 6.45) is 5.44. The molecule has 2 heterocycles. The highest BCUT2D eigenvalue weighted by molar-refractivity contribution is 9.10. The first-order valence-corrected chi connectivity index (χ1v) is 8.43. The fraction of sp³-hybridized carbons (Fsp3) is 0.0526. The molecule has 0 bridgehead atoms. The van der Waals surface area contributed by atoms with Gasteiger partial charge in [0.15, 0.2) is 0 Å². The van der Waals surface area contributed by atoms with E-state index in [1.54, 1.807) is 13.3 Å². The highest BCUT2D eigenvalue weighted by Crippen LogP contribution is 2.26. The first-order chi connectivity index (χ1) is 12.2. The maximum Gasteiger partial charge on any atom is 0.236 e. The Morgan fingerprint density at radius 1 is 0.840 bits per heavy atom. The van der Waals surface area contributed by atoms with Crippen molar-refractivity contribution in [2.45, 2.75) is 0 Å². The van der Waals surface area contributed by atoms with Crippen molar-refractivity contribution >= 4 is 21.7 Å². The van der Waals surface area contributed by atoms with Crippen LogP contribution in [0.5, 0.6) is 17.4 Å². The molecular formula is C19H14BrN3O2. The van der Waals surface area contributed by atoms with E-state index in [0.717, 1.165) is 21.3 Å². The van der Waals surface area contributed by atoms with Crippen LogP contribution < -0.4 is 9.47 Å². The van der Waals surface area contributed by atoms with Gasteiger partial charge in [0.25, 0.3) is 0 Å². The maximum atomic E-state index is 5.94. The normalized spacial score (nSPS) is 10.8. The van der Waals surface area contributed by atoms with Crippen molar-refractivity contribution in [3.63, 3.8) is 0 Å². The fourth-order valence-corrected chi connectivity index (χ4v) is 2.75. The molecule has 0 unspecified atom stereocenters. The van der Waals surface area contributed by atoms with Crippen molar-refractivity contribution in [1.82, 2.24) is 14.4 Å².